The minimum Gasteiger partial charge on any atom is -0.399 e. The average Bonchev–Trinajstić information content (AvgIpc) is 2.87. The Morgan fingerprint density at radius 1 is 0.886 bits per heavy atom. The van der Waals surface area contributed by atoms with Crippen molar-refractivity contribution in [3.8, 4) is 22.4 Å². The van der Waals surface area contributed by atoms with Crippen LogP contribution in [-0.2, 0) is 6.54 Å². The maximum atomic E-state index is 12.4. The second-order valence-electron chi connectivity index (χ2n) is 8.13. The lowest BCUT2D eigenvalue weighted by molar-refractivity contribution is 0.0827. The molecular formula is C26H25N7O2. The molecule has 35 heavy (non-hydrogen) atoms. The largest absolute Gasteiger partial charge is 0.399 e. The Morgan fingerprint density at radius 3 is 2.43 bits per heavy atom. The highest BCUT2D eigenvalue weighted by atomic mass is 16.2. The summed E-state index contributed by atoms with van der Waals surface area (Å²) in [5.41, 5.74) is 17.0. The van der Waals surface area contributed by atoms with Gasteiger partial charge in [0.2, 0.25) is 0 Å². The summed E-state index contributed by atoms with van der Waals surface area (Å²) >= 11 is 0. The van der Waals surface area contributed by atoms with Gasteiger partial charge in [-0.05, 0) is 54.1 Å². The van der Waals surface area contributed by atoms with Crippen LogP contribution < -0.4 is 16.8 Å². The molecule has 9 heteroatoms. The number of nitrogens with zero attached hydrogens (tertiary/aromatic N) is 4. The lowest BCUT2D eigenvalue weighted by Gasteiger charge is -2.11. The van der Waals surface area contributed by atoms with Crippen LogP contribution >= 0.6 is 0 Å². The van der Waals surface area contributed by atoms with E-state index < -0.39 is 0 Å². The lowest BCUT2D eigenvalue weighted by atomic mass is 10.0. The first-order chi connectivity index (χ1) is 16.8. The molecule has 0 bridgehead atoms. The number of carbonyl (C=O) groups excluding carboxylic acids is 2. The van der Waals surface area contributed by atoms with E-state index in [4.69, 9.17) is 11.5 Å². The van der Waals surface area contributed by atoms with Gasteiger partial charge in [-0.15, -0.1) is 0 Å². The quantitative estimate of drug-likeness (QED) is 0.370. The molecule has 0 radical (unpaired) electrons. The van der Waals surface area contributed by atoms with Gasteiger partial charge in [-0.2, -0.15) is 0 Å². The molecule has 176 valence electrons. The number of amides is 2. The molecule has 0 atom stereocenters. The zero-order valence-corrected chi connectivity index (χ0v) is 19.4. The fourth-order valence-corrected chi connectivity index (χ4v) is 3.48. The number of aromatic nitrogens is 3. The maximum absolute atomic E-state index is 12.4. The standard InChI is InChI=1S/C26H25N7O2/c1-33(2)26(35)18-6-7-23(30-13-18)22-12-19(14-31-24(22)28)16-8-9-29-21(11-16)15-32-25(34)17-4-3-5-20(27)10-17/h3-14H,15,27H2,1-2H3,(H2,28,31)(H,32,34). The van der Waals surface area contributed by atoms with E-state index >= 15 is 0 Å². The number of benzene rings is 1. The van der Waals surface area contributed by atoms with Crippen LogP contribution in [-0.4, -0.2) is 45.8 Å². The van der Waals surface area contributed by atoms with Crippen molar-refractivity contribution in [2.45, 2.75) is 6.54 Å². The van der Waals surface area contributed by atoms with Crippen LogP contribution in [0, 0.1) is 0 Å². The minimum absolute atomic E-state index is 0.129. The number of anilines is 2. The Kier molecular flexibility index (Phi) is 6.68. The van der Waals surface area contributed by atoms with Gasteiger partial charge in [0.1, 0.15) is 5.82 Å². The van der Waals surface area contributed by atoms with Gasteiger partial charge in [-0.3, -0.25) is 19.6 Å². The molecular weight excluding hydrogens is 442 g/mol. The molecule has 0 spiro atoms. The molecule has 3 aromatic heterocycles. The molecule has 0 fully saturated rings. The normalized spacial score (nSPS) is 10.6. The van der Waals surface area contributed by atoms with E-state index in [0.29, 0.717) is 39.6 Å². The van der Waals surface area contributed by atoms with E-state index in [-0.39, 0.29) is 18.4 Å². The summed E-state index contributed by atoms with van der Waals surface area (Å²) in [7, 11) is 3.38. The molecule has 0 saturated carbocycles. The summed E-state index contributed by atoms with van der Waals surface area (Å²) in [4.78, 5) is 39.1. The summed E-state index contributed by atoms with van der Waals surface area (Å²) in [5, 5.41) is 2.86. The lowest BCUT2D eigenvalue weighted by Crippen LogP contribution is -2.23. The SMILES string of the molecule is CN(C)C(=O)c1ccc(-c2cc(-c3ccnc(CNC(=O)c4cccc(N)c4)c3)cnc2N)nc1. The summed E-state index contributed by atoms with van der Waals surface area (Å²) in [6, 6.07) is 15.9. The predicted octanol–water partition coefficient (Wildman–Crippen LogP) is 3.00. The highest BCUT2D eigenvalue weighted by molar-refractivity contribution is 5.95. The third-order valence-corrected chi connectivity index (χ3v) is 5.34. The molecule has 5 N–H and O–H groups in total. The van der Waals surface area contributed by atoms with Crippen molar-refractivity contribution in [1.82, 2.24) is 25.2 Å². The number of nitrogens with one attached hydrogen (secondary N) is 1. The Balaban J connectivity index is 1.54. The highest BCUT2D eigenvalue weighted by Crippen LogP contribution is 2.28. The first-order valence-corrected chi connectivity index (χ1v) is 10.8. The molecule has 4 rings (SSSR count). The number of pyridine rings is 3. The van der Waals surface area contributed by atoms with Crippen molar-refractivity contribution in [3.05, 3.63) is 90.0 Å². The summed E-state index contributed by atoms with van der Waals surface area (Å²) in [6.45, 7) is 0.250. The predicted molar refractivity (Wildman–Crippen MR) is 135 cm³/mol. The van der Waals surface area contributed by atoms with Crippen molar-refractivity contribution in [3.63, 3.8) is 0 Å². The van der Waals surface area contributed by atoms with Gasteiger partial charge in [0.25, 0.3) is 11.8 Å². The monoisotopic (exact) mass is 467 g/mol. The van der Waals surface area contributed by atoms with Crippen molar-refractivity contribution in [2.24, 2.45) is 0 Å². The molecule has 0 aliphatic carbocycles. The van der Waals surface area contributed by atoms with Gasteiger partial charge in [0.05, 0.1) is 23.5 Å². The van der Waals surface area contributed by atoms with Gasteiger partial charge in [0, 0.05) is 55.1 Å². The number of nitrogen functional groups attached to an aromatic ring is 2. The molecule has 0 unspecified atom stereocenters. The van der Waals surface area contributed by atoms with Crippen molar-refractivity contribution in [2.75, 3.05) is 25.6 Å². The minimum atomic E-state index is -0.233. The third-order valence-electron chi connectivity index (χ3n) is 5.34. The summed E-state index contributed by atoms with van der Waals surface area (Å²) in [5.74, 6) is -0.0316. The zero-order chi connectivity index (χ0) is 24.9. The molecule has 0 aliphatic heterocycles. The maximum Gasteiger partial charge on any atom is 0.254 e. The second-order valence-corrected chi connectivity index (χ2v) is 8.13. The van der Waals surface area contributed by atoms with Crippen LogP contribution in [0.2, 0.25) is 0 Å². The topological polar surface area (TPSA) is 140 Å². The van der Waals surface area contributed by atoms with E-state index in [1.165, 1.54) is 11.1 Å². The van der Waals surface area contributed by atoms with Crippen LogP contribution in [0.15, 0.2) is 73.2 Å². The third kappa shape index (κ3) is 5.41. The number of rotatable bonds is 6. The Morgan fingerprint density at radius 2 is 1.71 bits per heavy atom. The van der Waals surface area contributed by atoms with E-state index in [9.17, 15) is 9.59 Å². The van der Waals surface area contributed by atoms with Gasteiger partial charge in [-0.25, -0.2) is 4.98 Å². The van der Waals surface area contributed by atoms with E-state index in [2.05, 4.69) is 20.3 Å². The van der Waals surface area contributed by atoms with Crippen LogP contribution in [0.5, 0.6) is 0 Å². The first-order valence-electron chi connectivity index (χ1n) is 10.8. The fraction of sp³-hybridized carbons (Fsp3) is 0.115. The Bertz CT molecular complexity index is 1380. The molecule has 2 amide bonds. The summed E-state index contributed by atoms with van der Waals surface area (Å²) in [6.07, 6.45) is 4.87. The van der Waals surface area contributed by atoms with E-state index in [1.807, 2.05) is 18.2 Å². The number of hydrogen-bond donors (Lipinski definition) is 3. The van der Waals surface area contributed by atoms with Gasteiger partial charge in [0.15, 0.2) is 0 Å². The molecule has 9 nitrogen and oxygen atoms in total. The molecule has 0 saturated heterocycles. The van der Waals surface area contributed by atoms with Gasteiger partial charge >= 0.3 is 0 Å². The van der Waals surface area contributed by atoms with Crippen LogP contribution in [0.1, 0.15) is 26.4 Å². The first kappa shape index (κ1) is 23.4. The molecule has 3 heterocycles. The number of carbonyl (C=O) groups is 2. The molecule has 0 aliphatic rings. The Labute approximate surface area is 202 Å². The van der Waals surface area contributed by atoms with Gasteiger partial charge < -0.3 is 21.7 Å². The number of hydrogen-bond acceptors (Lipinski definition) is 7. The fourth-order valence-electron chi connectivity index (χ4n) is 3.48. The van der Waals surface area contributed by atoms with Crippen molar-refractivity contribution >= 4 is 23.3 Å². The van der Waals surface area contributed by atoms with E-state index in [1.54, 1.807) is 62.9 Å². The Hall–Kier alpha value is -4.79. The smallest absolute Gasteiger partial charge is 0.254 e. The van der Waals surface area contributed by atoms with Crippen molar-refractivity contribution < 1.29 is 9.59 Å². The van der Waals surface area contributed by atoms with Crippen LogP contribution in [0.25, 0.3) is 22.4 Å². The molecule has 1 aromatic carbocycles. The van der Waals surface area contributed by atoms with Crippen LogP contribution in [0.3, 0.4) is 0 Å². The van der Waals surface area contributed by atoms with Gasteiger partial charge in [-0.1, -0.05) is 6.07 Å². The van der Waals surface area contributed by atoms with Crippen molar-refractivity contribution in [1.29, 1.82) is 0 Å². The zero-order valence-electron chi connectivity index (χ0n) is 19.4. The van der Waals surface area contributed by atoms with E-state index in [0.717, 1.165) is 11.1 Å². The average molecular weight is 468 g/mol. The van der Waals surface area contributed by atoms with Crippen LogP contribution in [0.4, 0.5) is 11.5 Å². The highest BCUT2D eigenvalue weighted by Gasteiger charge is 2.13. The second kappa shape index (κ2) is 10.0. The summed E-state index contributed by atoms with van der Waals surface area (Å²) < 4.78 is 0. The molecule has 4 aromatic rings. The number of nitrogens with two attached hydrogens (primary N) is 2.